The normalized spacial score (nSPS) is 10.9. The molecule has 1 aromatic rings. The van der Waals surface area contributed by atoms with Crippen molar-refractivity contribution in [3.05, 3.63) is 30.3 Å². The molecule has 16 heavy (non-hydrogen) atoms. The van der Waals surface area contributed by atoms with Gasteiger partial charge in [0.1, 0.15) is 0 Å². The van der Waals surface area contributed by atoms with Crippen molar-refractivity contribution in [1.29, 1.82) is 5.26 Å². The summed E-state index contributed by atoms with van der Waals surface area (Å²) in [6, 6.07) is 11.8. The van der Waals surface area contributed by atoms with Crippen LogP contribution in [-0.2, 0) is 0 Å². The molecule has 0 amide bonds. The minimum Gasteiger partial charge on any atom is -0.370 e. The van der Waals surface area contributed by atoms with Gasteiger partial charge in [-0.3, -0.25) is 4.99 Å². The van der Waals surface area contributed by atoms with E-state index in [1.54, 1.807) is 0 Å². The van der Waals surface area contributed by atoms with Gasteiger partial charge in [-0.15, -0.1) is 0 Å². The molecule has 84 valence electrons. The monoisotopic (exact) mass is 216 g/mol. The zero-order valence-corrected chi connectivity index (χ0v) is 9.43. The molecule has 0 saturated heterocycles. The van der Waals surface area contributed by atoms with Crippen LogP contribution in [0.5, 0.6) is 0 Å². The number of benzene rings is 1. The summed E-state index contributed by atoms with van der Waals surface area (Å²) in [5.41, 5.74) is 6.83. The highest BCUT2D eigenvalue weighted by Gasteiger charge is 2.09. The minimum absolute atomic E-state index is 0.425. The smallest absolute Gasteiger partial charge is 0.195 e. The molecular formula is C12H16N4. The van der Waals surface area contributed by atoms with Gasteiger partial charge in [0.05, 0.1) is 12.5 Å². The summed E-state index contributed by atoms with van der Waals surface area (Å²) in [6.45, 7) is 3.14. The molecule has 0 radical (unpaired) electrons. The summed E-state index contributed by atoms with van der Waals surface area (Å²) in [7, 11) is 0. The van der Waals surface area contributed by atoms with Crippen molar-refractivity contribution in [2.75, 3.05) is 18.0 Å². The SMILES string of the molecule is CCN=C(N)N(CCC#N)c1ccccc1. The lowest BCUT2D eigenvalue weighted by molar-refractivity contribution is 0.949. The number of nitrogens with zero attached hydrogens (tertiary/aromatic N) is 3. The predicted octanol–water partition coefficient (Wildman–Crippen LogP) is 1.74. The van der Waals surface area contributed by atoms with Crippen molar-refractivity contribution in [2.24, 2.45) is 10.7 Å². The third kappa shape index (κ3) is 3.28. The maximum Gasteiger partial charge on any atom is 0.195 e. The van der Waals surface area contributed by atoms with Crippen LogP contribution in [0.3, 0.4) is 0 Å². The van der Waals surface area contributed by atoms with Crippen LogP contribution >= 0.6 is 0 Å². The van der Waals surface area contributed by atoms with E-state index in [1.165, 1.54) is 0 Å². The lowest BCUT2D eigenvalue weighted by Gasteiger charge is -2.22. The van der Waals surface area contributed by atoms with Crippen molar-refractivity contribution >= 4 is 11.6 Å². The first-order valence-corrected chi connectivity index (χ1v) is 5.29. The van der Waals surface area contributed by atoms with Crippen LogP contribution < -0.4 is 10.6 Å². The Morgan fingerprint density at radius 3 is 2.69 bits per heavy atom. The minimum atomic E-state index is 0.425. The van der Waals surface area contributed by atoms with Crippen LogP contribution in [0.4, 0.5) is 5.69 Å². The second-order valence-electron chi connectivity index (χ2n) is 3.23. The fourth-order valence-corrected chi connectivity index (χ4v) is 1.39. The lowest BCUT2D eigenvalue weighted by Crippen LogP contribution is -2.38. The number of nitrogens with two attached hydrogens (primary N) is 1. The molecule has 1 aromatic carbocycles. The van der Waals surface area contributed by atoms with Crippen LogP contribution in [0.2, 0.25) is 0 Å². The van der Waals surface area contributed by atoms with Gasteiger partial charge in [-0.05, 0) is 19.1 Å². The molecule has 0 fully saturated rings. The van der Waals surface area contributed by atoms with Crippen LogP contribution in [-0.4, -0.2) is 19.0 Å². The molecule has 0 aliphatic heterocycles. The number of hydrogen-bond donors (Lipinski definition) is 1. The molecule has 0 saturated carbocycles. The van der Waals surface area contributed by atoms with E-state index in [9.17, 15) is 0 Å². The van der Waals surface area contributed by atoms with E-state index in [-0.39, 0.29) is 0 Å². The Hall–Kier alpha value is -2.02. The predicted molar refractivity (Wildman–Crippen MR) is 66.2 cm³/mol. The first-order valence-electron chi connectivity index (χ1n) is 5.29. The molecular weight excluding hydrogens is 200 g/mol. The molecule has 4 nitrogen and oxygen atoms in total. The largest absolute Gasteiger partial charge is 0.370 e. The topological polar surface area (TPSA) is 65.4 Å². The second kappa shape index (κ2) is 6.46. The molecule has 0 aliphatic carbocycles. The number of para-hydroxylation sites is 1. The van der Waals surface area contributed by atoms with Gasteiger partial charge in [-0.1, -0.05) is 18.2 Å². The Balaban J connectivity index is 2.88. The molecule has 1 rings (SSSR count). The molecule has 0 unspecified atom stereocenters. The Kier molecular flexibility index (Phi) is 4.87. The van der Waals surface area contributed by atoms with Crippen LogP contribution in [0.25, 0.3) is 0 Å². The van der Waals surface area contributed by atoms with Gasteiger partial charge in [-0.25, -0.2) is 0 Å². The number of hydrogen-bond acceptors (Lipinski definition) is 2. The average Bonchev–Trinajstić information content (AvgIpc) is 2.31. The summed E-state index contributed by atoms with van der Waals surface area (Å²) < 4.78 is 0. The molecule has 0 bridgehead atoms. The van der Waals surface area contributed by atoms with E-state index >= 15 is 0 Å². The van der Waals surface area contributed by atoms with Crippen LogP contribution in [0, 0.1) is 11.3 Å². The van der Waals surface area contributed by atoms with Gasteiger partial charge in [0, 0.05) is 18.8 Å². The molecule has 0 spiro atoms. The number of anilines is 1. The van der Waals surface area contributed by atoms with Crippen molar-refractivity contribution in [2.45, 2.75) is 13.3 Å². The zero-order chi connectivity index (χ0) is 11.8. The van der Waals surface area contributed by atoms with Gasteiger partial charge in [0.15, 0.2) is 5.96 Å². The van der Waals surface area contributed by atoms with E-state index in [2.05, 4.69) is 11.1 Å². The Morgan fingerprint density at radius 2 is 2.12 bits per heavy atom. The van der Waals surface area contributed by atoms with E-state index in [4.69, 9.17) is 11.0 Å². The first kappa shape index (κ1) is 12.1. The van der Waals surface area contributed by atoms with Gasteiger partial charge >= 0.3 is 0 Å². The van der Waals surface area contributed by atoms with Gasteiger partial charge < -0.3 is 10.6 Å². The van der Waals surface area contributed by atoms with Crippen molar-refractivity contribution < 1.29 is 0 Å². The van der Waals surface area contributed by atoms with Gasteiger partial charge in [0.25, 0.3) is 0 Å². The van der Waals surface area contributed by atoms with Crippen LogP contribution in [0.15, 0.2) is 35.3 Å². The highest BCUT2D eigenvalue weighted by atomic mass is 15.3. The number of nitriles is 1. The number of rotatable bonds is 4. The first-order chi connectivity index (χ1) is 7.79. The maximum absolute atomic E-state index is 8.62. The van der Waals surface area contributed by atoms with E-state index in [0.717, 1.165) is 5.69 Å². The lowest BCUT2D eigenvalue weighted by atomic mass is 10.3. The highest BCUT2D eigenvalue weighted by Crippen LogP contribution is 2.13. The van der Waals surface area contributed by atoms with Gasteiger partial charge in [-0.2, -0.15) is 5.26 Å². The highest BCUT2D eigenvalue weighted by molar-refractivity contribution is 5.94. The van der Waals surface area contributed by atoms with Crippen LogP contribution in [0.1, 0.15) is 13.3 Å². The van der Waals surface area contributed by atoms with E-state index in [1.807, 2.05) is 42.2 Å². The standard InChI is InChI=1S/C12H16N4/c1-2-15-12(14)16(10-6-9-13)11-7-4-3-5-8-11/h3-5,7-8H,2,6,10H2,1H3,(H2,14,15). The molecule has 4 heteroatoms. The zero-order valence-electron chi connectivity index (χ0n) is 9.43. The molecule has 0 aromatic heterocycles. The Morgan fingerprint density at radius 1 is 1.44 bits per heavy atom. The number of aliphatic imine (C=N–C) groups is 1. The molecule has 0 atom stereocenters. The summed E-state index contributed by atoms with van der Waals surface area (Å²) in [6.07, 6.45) is 0.425. The fraction of sp³-hybridized carbons (Fsp3) is 0.333. The fourth-order valence-electron chi connectivity index (χ4n) is 1.39. The van der Waals surface area contributed by atoms with Crippen molar-refractivity contribution in [3.63, 3.8) is 0 Å². The molecule has 0 aliphatic rings. The number of guanidine groups is 1. The van der Waals surface area contributed by atoms with Gasteiger partial charge in [0.2, 0.25) is 0 Å². The Labute approximate surface area is 96.0 Å². The van der Waals surface area contributed by atoms with Crippen molar-refractivity contribution in [3.8, 4) is 6.07 Å². The van der Waals surface area contributed by atoms with E-state index in [0.29, 0.717) is 25.5 Å². The average molecular weight is 216 g/mol. The van der Waals surface area contributed by atoms with E-state index < -0.39 is 0 Å². The molecule has 0 heterocycles. The second-order valence-corrected chi connectivity index (χ2v) is 3.23. The summed E-state index contributed by atoms with van der Waals surface area (Å²) in [5.74, 6) is 0.462. The third-order valence-electron chi connectivity index (χ3n) is 2.11. The maximum atomic E-state index is 8.62. The summed E-state index contributed by atoms with van der Waals surface area (Å²) in [5, 5.41) is 8.62. The summed E-state index contributed by atoms with van der Waals surface area (Å²) in [4.78, 5) is 6.02. The quantitative estimate of drug-likeness (QED) is 0.616. The third-order valence-corrected chi connectivity index (χ3v) is 2.11. The van der Waals surface area contributed by atoms with Crippen molar-refractivity contribution in [1.82, 2.24) is 0 Å². The molecule has 2 N–H and O–H groups in total. The summed E-state index contributed by atoms with van der Waals surface area (Å²) >= 11 is 0. The Bertz CT molecular complexity index is 378.